The quantitative estimate of drug-likeness (QED) is 0.846. The second kappa shape index (κ2) is 5.03. The Morgan fingerprint density at radius 1 is 1.35 bits per heavy atom. The van der Waals surface area contributed by atoms with Gasteiger partial charge in [-0.15, -0.1) is 0 Å². The third kappa shape index (κ3) is 2.56. The molecule has 3 rings (SSSR count). The molecule has 2 aliphatic rings. The van der Waals surface area contributed by atoms with Crippen LogP contribution in [-0.2, 0) is 13.0 Å². The molecule has 2 heterocycles. The predicted molar refractivity (Wildman–Crippen MR) is 81.1 cm³/mol. The van der Waals surface area contributed by atoms with Gasteiger partial charge in [0.2, 0.25) is 0 Å². The minimum absolute atomic E-state index is 0.116. The Kier molecular flexibility index (Phi) is 3.49. The van der Waals surface area contributed by atoms with Crippen molar-refractivity contribution in [3.8, 4) is 0 Å². The standard InChI is InChI=1S/C17H26N2O/c1-4-18-7-5-13(11-18)12-19-8-6-14-15(19)9-17(2,3)10-16(14)20/h6,8,13H,4-5,7,9-12H2,1-3H3. The average Bonchev–Trinajstić information content (AvgIpc) is 2.96. The molecule has 3 heteroatoms. The number of Topliss-reactive ketones (excluding diaryl/α,β-unsaturated/α-hetero) is 1. The van der Waals surface area contributed by atoms with Gasteiger partial charge in [0.05, 0.1) is 0 Å². The summed E-state index contributed by atoms with van der Waals surface area (Å²) in [6.45, 7) is 11.3. The summed E-state index contributed by atoms with van der Waals surface area (Å²) in [4.78, 5) is 14.8. The second-order valence-electron chi connectivity index (χ2n) is 7.32. The van der Waals surface area contributed by atoms with Crippen LogP contribution in [0.25, 0.3) is 0 Å². The van der Waals surface area contributed by atoms with Crippen molar-refractivity contribution >= 4 is 5.78 Å². The molecule has 0 bridgehead atoms. The minimum Gasteiger partial charge on any atom is -0.350 e. The largest absolute Gasteiger partial charge is 0.350 e. The Balaban J connectivity index is 1.78. The lowest BCUT2D eigenvalue weighted by atomic mass is 9.76. The lowest BCUT2D eigenvalue weighted by Gasteiger charge is -2.30. The van der Waals surface area contributed by atoms with Crippen molar-refractivity contribution in [1.82, 2.24) is 9.47 Å². The van der Waals surface area contributed by atoms with Crippen LogP contribution in [0.1, 0.15) is 49.7 Å². The van der Waals surface area contributed by atoms with Crippen LogP contribution >= 0.6 is 0 Å². The zero-order valence-corrected chi connectivity index (χ0v) is 13.0. The summed E-state index contributed by atoms with van der Waals surface area (Å²) in [6, 6.07) is 2.04. The predicted octanol–water partition coefficient (Wildman–Crippen LogP) is 2.99. The van der Waals surface area contributed by atoms with Gasteiger partial charge in [-0.3, -0.25) is 4.79 Å². The number of ketones is 1. The fourth-order valence-corrected chi connectivity index (χ4v) is 3.80. The number of nitrogens with zero attached hydrogens (tertiary/aromatic N) is 2. The van der Waals surface area contributed by atoms with Gasteiger partial charge in [-0.1, -0.05) is 20.8 Å². The summed E-state index contributed by atoms with van der Waals surface area (Å²) in [5, 5.41) is 0. The molecule has 0 spiro atoms. The van der Waals surface area contributed by atoms with Gasteiger partial charge in [0.15, 0.2) is 5.78 Å². The lowest BCUT2D eigenvalue weighted by Crippen LogP contribution is -2.29. The summed E-state index contributed by atoms with van der Waals surface area (Å²) in [6.07, 6.45) is 5.15. The van der Waals surface area contributed by atoms with Crippen molar-refractivity contribution in [3.05, 3.63) is 23.5 Å². The molecule has 0 aromatic carbocycles. The maximum Gasteiger partial charge on any atom is 0.165 e. The van der Waals surface area contributed by atoms with Crippen molar-refractivity contribution in [1.29, 1.82) is 0 Å². The SMILES string of the molecule is CCN1CCC(Cn2ccc3c2CC(C)(C)CC3=O)C1. The molecule has 110 valence electrons. The smallest absolute Gasteiger partial charge is 0.165 e. The first-order valence-electron chi connectivity index (χ1n) is 7.92. The van der Waals surface area contributed by atoms with Crippen LogP contribution in [0.5, 0.6) is 0 Å². The highest BCUT2D eigenvalue weighted by Gasteiger charge is 2.33. The fourth-order valence-electron chi connectivity index (χ4n) is 3.80. The van der Waals surface area contributed by atoms with Crippen LogP contribution in [0.4, 0.5) is 0 Å². The molecular formula is C17H26N2O. The van der Waals surface area contributed by atoms with E-state index in [1.54, 1.807) is 0 Å². The molecule has 1 aliphatic carbocycles. The minimum atomic E-state index is 0.116. The molecule has 1 atom stereocenters. The van der Waals surface area contributed by atoms with Crippen molar-refractivity contribution in [2.75, 3.05) is 19.6 Å². The maximum atomic E-state index is 12.2. The highest BCUT2D eigenvalue weighted by atomic mass is 16.1. The number of aromatic nitrogens is 1. The van der Waals surface area contributed by atoms with E-state index in [0.717, 1.165) is 31.0 Å². The summed E-state index contributed by atoms with van der Waals surface area (Å²) >= 11 is 0. The molecule has 1 fully saturated rings. The Labute approximate surface area is 122 Å². The summed E-state index contributed by atoms with van der Waals surface area (Å²) < 4.78 is 2.36. The molecule has 1 aromatic heterocycles. The number of likely N-dealkylation sites (tertiary alicyclic amines) is 1. The average molecular weight is 274 g/mol. The number of carbonyl (C=O) groups is 1. The van der Waals surface area contributed by atoms with Gasteiger partial charge in [-0.2, -0.15) is 0 Å². The maximum absolute atomic E-state index is 12.2. The highest BCUT2D eigenvalue weighted by molar-refractivity contribution is 5.98. The van der Waals surface area contributed by atoms with Gasteiger partial charge in [0, 0.05) is 37.0 Å². The lowest BCUT2D eigenvalue weighted by molar-refractivity contribution is 0.0909. The molecule has 1 unspecified atom stereocenters. The van der Waals surface area contributed by atoms with Crippen molar-refractivity contribution in [2.45, 2.75) is 46.6 Å². The van der Waals surface area contributed by atoms with Gasteiger partial charge >= 0.3 is 0 Å². The molecule has 20 heavy (non-hydrogen) atoms. The number of hydrogen-bond donors (Lipinski definition) is 0. The Bertz CT molecular complexity index is 515. The van der Waals surface area contributed by atoms with Crippen LogP contribution in [0.3, 0.4) is 0 Å². The zero-order chi connectivity index (χ0) is 14.3. The first-order chi connectivity index (χ1) is 9.48. The summed E-state index contributed by atoms with van der Waals surface area (Å²) in [5.74, 6) is 1.07. The Morgan fingerprint density at radius 3 is 2.85 bits per heavy atom. The molecule has 1 saturated heterocycles. The van der Waals surface area contributed by atoms with Crippen LogP contribution in [-0.4, -0.2) is 34.9 Å². The third-order valence-electron chi connectivity index (χ3n) is 4.94. The molecular weight excluding hydrogens is 248 g/mol. The molecule has 0 radical (unpaired) electrons. The number of hydrogen-bond acceptors (Lipinski definition) is 2. The first-order valence-corrected chi connectivity index (χ1v) is 7.92. The van der Waals surface area contributed by atoms with Crippen molar-refractivity contribution in [2.24, 2.45) is 11.3 Å². The Morgan fingerprint density at radius 2 is 2.15 bits per heavy atom. The van der Waals surface area contributed by atoms with E-state index in [1.807, 2.05) is 6.07 Å². The van der Waals surface area contributed by atoms with Gasteiger partial charge in [0.25, 0.3) is 0 Å². The molecule has 0 N–H and O–H groups in total. The van der Waals surface area contributed by atoms with Crippen LogP contribution in [0.15, 0.2) is 12.3 Å². The van der Waals surface area contributed by atoms with Crippen LogP contribution < -0.4 is 0 Å². The van der Waals surface area contributed by atoms with E-state index in [0.29, 0.717) is 12.2 Å². The van der Waals surface area contributed by atoms with Gasteiger partial charge in [0.1, 0.15) is 0 Å². The van der Waals surface area contributed by atoms with Gasteiger partial charge in [-0.05, 0) is 43.3 Å². The zero-order valence-electron chi connectivity index (χ0n) is 13.0. The fraction of sp³-hybridized carbons (Fsp3) is 0.706. The van der Waals surface area contributed by atoms with E-state index < -0.39 is 0 Å². The number of fused-ring (bicyclic) bond motifs is 1. The molecule has 3 nitrogen and oxygen atoms in total. The molecule has 1 aromatic rings. The summed E-state index contributed by atoms with van der Waals surface area (Å²) in [7, 11) is 0. The van der Waals surface area contributed by atoms with E-state index in [2.05, 4.69) is 36.4 Å². The summed E-state index contributed by atoms with van der Waals surface area (Å²) in [5.41, 5.74) is 2.38. The van der Waals surface area contributed by atoms with Crippen molar-refractivity contribution in [3.63, 3.8) is 0 Å². The topological polar surface area (TPSA) is 25.2 Å². The number of rotatable bonds is 3. The third-order valence-corrected chi connectivity index (χ3v) is 4.94. The Hall–Kier alpha value is -1.09. The highest BCUT2D eigenvalue weighted by Crippen LogP contribution is 2.35. The van der Waals surface area contributed by atoms with Gasteiger partial charge in [-0.25, -0.2) is 0 Å². The normalized spacial score (nSPS) is 25.9. The van der Waals surface area contributed by atoms with E-state index >= 15 is 0 Å². The second-order valence-corrected chi connectivity index (χ2v) is 7.32. The van der Waals surface area contributed by atoms with E-state index in [-0.39, 0.29) is 5.41 Å². The first kappa shape index (κ1) is 13.9. The number of carbonyl (C=O) groups excluding carboxylic acids is 1. The van der Waals surface area contributed by atoms with Crippen molar-refractivity contribution < 1.29 is 4.79 Å². The van der Waals surface area contributed by atoms with Crippen LogP contribution in [0.2, 0.25) is 0 Å². The van der Waals surface area contributed by atoms with E-state index in [1.165, 1.54) is 25.2 Å². The van der Waals surface area contributed by atoms with Gasteiger partial charge < -0.3 is 9.47 Å². The van der Waals surface area contributed by atoms with E-state index in [4.69, 9.17) is 0 Å². The molecule has 0 amide bonds. The monoisotopic (exact) mass is 274 g/mol. The molecule has 0 saturated carbocycles. The van der Waals surface area contributed by atoms with Crippen LogP contribution in [0, 0.1) is 11.3 Å². The molecule has 1 aliphatic heterocycles. The van der Waals surface area contributed by atoms with E-state index in [9.17, 15) is 4.79 Å².